The minimum Gasteiger partial charge on any atom is -0.497 e. The number of rotatable bonds is 10. The van der Waals surface area contributed by atoms with Crippen LogP contribution in [0.5, 0.6) is 11.5 Å². The van der Waals surface area contributed by atoms with Gasteiger partial charge in [0, 0.05) is 29.3 Å². The van der Waals surface area contributed by atoms with Gasteiger partial charge < -0.3 is 14.4 Å². The molecule has 0 fully saturated rings. The molecule has 2 rings (SSSR count). The minimum atomic E-state index is -1.05. The summed E-state index contributed by atoms with van der Waals surface area (Å²) >= 11 is 0. The Morgan fingerprint density at radius 1 is 1.08 bits per heavy atom. The monoisotopic (exact) mass is 361 g/mol. The topological polar surface area (TPSA) is 55.8 Å². The van der Waals surface area contributed by atoms with E-state index in [9.17, 15) is 9.00 Å². The lowest BCUT2D eigenvalue weighted by atomic mass is 10.1. The molecule has 0 bridgehead atoms. The third-order valence-electron chi connectivity index (χ3n) is 3.79. The maximum absolute atomic E-state index is 12.2. The van der Waals surface area contributed by atoms with Crippen LogP contribution < -0.4 is 9.47 Å². The molecule has 0 spiro atoms. The van der Waals surface area contributed by atoms with Gasteiger partial charge in [0.25, 0.3) is 0 Å². The SMILES string of the molecule is COc1ccc(OC)c(CN(C=O)CCCS(=O)c2ccccc2)c1. The number of ether oxygens (including phenoxy) is 2. The summed E-state index contributed by atoms with van der Waals surface area (Å²) in [6, 6.07) is 14.9. The van der Waals surface area contributed by atoms with Crippen LogP contribution in [0.15, 0.2) is 53.4 Å². The van der Waals surface area contributed by atoms with Crippen LogP contribution in [0.25, 0.3) is 0 Å². The summed E-state index contributed by atoms with van der Waals surface area (Å²) < 4.78 is 22.8. The van der Waals surface area contributed by atoms with Crippen LogP contribution in [0.3, 0.4) is 0 Å². The number of benzene rings is 2. The Balaban J connectivity index is 1.92. The van der Waals surface area contributed by atoms with E-state index in [-0.39, 0.29) is 0 Å². The lowest BCUT2D eigenvalue weighted by molar-refractivity contribution is -0.118. The van der Waals surface area contributed by atoms with Crippen molar-refractivity contribution in [2.45, 2.75) is 17.9 Å². The van der Waals surface area contributed by atoms with Gasteiger partial charge in [0.05, 0.1) is 25.0 Å². The van der Waals surface area contributed by atoms with Gasteiger partial charge in [-0.25, -0.2) is 0 Å². The normalized spacial score (nSPS) is 11.6. The molecule has 1 unspecified atom stereocenters. The molecule has 0 aromatic heterocycles. The Morgan fingerprint density at radius 2 is 1.84 bits per heavy atom. The second kappa shape index (κ2) is 9.84. The van der Waals surface area contributed by atoms with Gasteiger partial charge in [-0.1, -0.05) is 18.2 Å². The molecule has 0 aliphatic heterocycles. The fourth-order valence-electron chi connectivity index (χ4n) is 2.48. The number of carbonyl (C=O) groups excluding carboxylic acids is 1. The molecule has 0 aliphatic carbocycles. The first-order valence-electron chi connectivity index (χ1n) is 8.01. The van der Waals surface area contributed by atoms with Gasteiger partial charge in [-0.15, -0.1) is 0 Å². The highest BCUT2D eigenvalue weighted by molar-refractivity contribution is 7.85. The minimum absolute atomic E-state index is 0.418. The second-order valence-electron chi connectivity index (χ2n) is 5.47. The molecule has 2 aromatic carbocycles. The predicted molar refractivity (Wildman–Crippen MR) is 98.4 cm³/mol. The number of amides is 1. The largest absolute Gasteiger partial charge is 0.497 e. The van der Waals surface area contributed by atoms with Gasteiger partial charge in [-0.2, -0.15) is 0 Å². The van der Waals surface area contributed by atoms with E-state index in [2.05, 4.69) is 0 Å². The van der Waals surface area contributed by atoms with E-state index in [1.807, 2.05) is 48.5 Å². The molecule has 0 aliphatic rings. The van der Waals surface area contributed by atoms with Crippen molar-refractivity contribution in [2.75, 3.05) is 26.5 Å². The van der Waals surface area contributed by atoms with Crippen LogP contribution in [-0.4, -0.2) is 42.0 Å². The van der Waals surface area contributed by atoms with Gasteiger partial charge >= 0.3 is 0 Å². The number of carbonyl (C=O) groups is 1. The van der Waals surface area contributed by atoms with Gasteiger partial charge in [0.2, 0.25) is 6.41 Å². The average molecular weight is 361 g/mol. The van der Waals surface area contributed by atoms with Crippen molar-refractivity contribution < 1.29 is 18.5 Å². The summed E-state index contributed by atoms with van der Waals surface area (Å²) in [6.45, 7) is 0.949. The Morgan fingerprint density at radius 3 is 2.48 bits per heavy atom. The van der Waals surface area contributed by atoms with E-state index >= 15 is 0 Å². The highest BCUT2D eigenvalue weighted by Gasteiger charge is 2.11. The lowest BCUT2D eigenvalue weighted by Crippen LogP contribution is -2.24. The molecule has 0 N–H and O–H groups in total. The van der Waals surface area contributed by atoms with E-state index in [1.165, 1.54) is 0 Å². The molecule has 1 amide bonds. The van der Waals surface area contributed by atoms with Crippen LogP contribution in [0, 0.1) is 0 Å². The first kappa shape index (κ1) is 19.0. The Bertz CT molecular complexity index is 706. The molecule has 1 atom stereocenters. The third-order valence-corrected chi connectivity index (χ3v) is 5.25. The van der Waals surface area contributed by atoms with Crippen molar-refractivity contribution in [3.05, 3.63) is 54.1 Å². The smallest absolute Gasteiger partial charge is 0.210 e. The molecule has 2 aromatic rings. The van der Waals surface area contributed by atoms with Crippen molar-refractivity contribution in [3.8, 4) is 11.5 Å². The fourth-order valence-corrected chi connectivity index (χ4v) is 3.57. The number of nitrogens with zero attached hydrogens (tertiary/aromatic N) is 1. The molecule has 0 saturated carbocycles. The average Bonchev–Trinajstić information content (AvgIpc) is 2.67. The first-order chi connectivity index (χ1) is 12.2. The zero-order valence-electron chi connectivity index (χ0n) is 14.5. The molecule has 5 nitrogen and oxygen atoms in total. The Kier molecular flexibility index (Phi) is 7.47. The molecule has 0 saturated heterocycles. The standard InChI is InChI=1S/C19H23NO4S/c1-23-17-9-10-19(24-2)16(13-17)14-20(15-21)11-6-12-25(22)18-7-4-3-5-8-18/h3-5,7-10,13,15H,6,11-12,14H2,1-2H3. The molecule has 6 heteroatoms. The lowest BCUT2D eigenvalue weighted by Gasteiger charge is -2.19. The summed E-state index contributed by atoms with van der Waals surface area (Å²) in [6.07, 6.45) is 1.47. The number of methoxy groups -OCH3 is 2. The molecule has 0 radical (unpaired) electrons. The van der Waals surface area contributed by atoms with E-state index in [1.54, 1.807) is 19.1 Å². The number of hydrogen-bond acceptors (Lipinski definition) is 4. The Hall–Kier alpha value is -2.34. The molecular formula is C19H23NO4S. The summed E-state index contributed by atoms with van der Waals surface area (Å²) in [5, 5.41) is 0. The van der Waals surface area contributed by atoms with Crippen molar-refractivity contribution in [1.82, 2.24) is 4.90 Å². The molecule has 0 heterocycles. The molecule has 134 valence electrons. The van der Waals surface area contributed by atoms with Crippen LogP contribution in [0.4, 0.5) is 0 Å². The van der Waals surface area contributed by atoms with Gasteiger partial charge in [0.1, 0.15) is 11.5 Å². The van der Waals surface area contributed by atoms with Gasteiger partial charge in [-0.05, 0) is 36.8 Å². The summed E-state index contributed by atoms with van der Waals surface area (Å²) in [5.41, 5.74) is 0.873. The highest BCUT2D eigenvalue weighted by Crippen LogP contribution is 2.25. The maximum atomic E-state index is 12.2. The first-order valence-corrected chi connectivity index (χ1v) is 9.33. The van der Waals surface area contributed by atoms with Crippen LogP contribution in [0.2, 0.25) is 0 Å². The molecule has 25 heavy (non-hydrogen) atoms. The Labute approximate surface area is 151 Å². The third kappa shape index (κ3) is 5.60. The van der Waals surface area contributed by atoms with Crippen LogP contribution in [-0.2, 0) is 22.1 Å². The zero-order chi connectivity index (χ0) is 18.1. The van der Waals surface area contributed by atoms with E-state index < -0.39 is 10.8 Å². The van der Waals surface area contributed by atoms with Gasteiger partial charge in [-0.3, -0.25) is 9.00 Å². The maximum Gasteiger partial charge on any atom is 0.210 e. The predicted octanol–water partition coefficient (Wildman–Crippen LogP) is 2.86. The summed E-state index contributed by atoms with van der Waals surface area (Å²) in [5.74, 6) is 1.94. The van der Waals surface area contributed by atoms with Gasteiger partial charge in [0.15, 0.2) is 0 Å². The van der Waals surface area contributed by atoms with E-state index in [0.717, 1.165) is 16.9 Å². The van der Waals surface area contributed by atoms with Crippen LogP contribution in [0.1, 0.15) is 12.0 Å². The molecular weight excluding hydrogens is 338 g/mol. The zero-order valence-corrected chi connectivity index (χ0v) is 15.3. The van der Waals surface area contributed by atoms with Crippen LogP contribution >= 0.6 is 0 Å². The summed E-state index contributed by atoms with van der Waals surface area (Å²) in [4.78, 5) is 13.9. The van der Waals surface area contributed by atoms with Crippen molar-refractivity contribution in [3.63, 3.8) is 0 Å². The number of hydrogen-bond donors (Lipinski definition) is 0. The van der Waals surface area contributed by atoms with E-state index in [0.29, 0.717) is 36.8 Å². The van der Waals surface area contributed by atoms with E-state index in [4.69, 9.17) is 9.47 Å². The van der Waals surface area contributed by atoms with Crippen molar-refractivity contribution in [2.24, 2.45) is 0 Å². The fraction of sp³-hybridized carbons (Fsp3) is 0.316. The summed E-state index contributed by atoms with van der Waals surface area (Å²) in [7, 11) is 2.15. The van der Waals surface area contributed by atoms with Crippen molar-refractivity contribution >= 4 is 17.2 Å². The van der Waals surface area contributed by atoms with Crippen molar-refractivity contribution in [1.29, 1.82) is 0 Å². The second-order valence-corrected chi connectivity index (χ2v) is 7.04. The highest BCUT2D eigenvalue weighted by atomic mass is 32.2. The quantitative estimate of drug-likeness (QED) is 0.611.